The predicted octanol–water partition coefficient (Wildman–Crippen LogP) is 2.72. The van der Waals surface area contributed by atoms with Crippen molar-refractivity contribution in [1.29, 1.82) is 0 Å². The van der Waals surface area contributed by atoms with Crippen molar-refractivity contribution in [3.63, 3.8) is 0 Å². The van der Waals surface area contributed by atoms with Crippen molar-refractivity contribution in [2.24, 2.45) is 10.9 Å². The second-order valence-electron chi connectivity index (χ2n) is 5.16. The fourth-order valence-corrected chi connectivity index (χ4v) is 3.03. The number of aliphatic hydroxyl groups is 1. The second-order valence-corrected chi connectivity index (χ2v) is 5.16. The first-order chi connectivity index (χ1) is 9.38. The molecule has 1 atom stereocenters. The first kappa shape index (κ1) is 12.4. The molecular formula is C17H19NO. The molecule has 0 radical (unpaired) electrons. The van der Waals surface area contributed by atoms with Gasteiger partial charge in [0.05, 0.1) is 13.2 Å². The number of hydrogen-bond donors (Lipinski definition) is 1. The Morgan fingerprint density at radius 3 is 2.84 bits per heavy atom. The van der Waals surface area contributed by atoms with Gasteiger partial charge in [0.1, 0.15) is 0 Å². The molecule has 98 valence electrons. The van der Waals surface area contributed by atoms with Crippen LogP contribution in [-0.4, -0.2) is 24.0 Å². The van der Waals surface area contributed by atoms with Crippen LogP contribution in [0.2, 0.25) is 0 Å². The Hall–Kier alpha value is -1.67. The fraction of sp³-hybridized carbons (Fsp3) is 0.353. The number of hydrogen-bond acceptors (Lipinski definition) is 2. The standard InChI is InChI=1S/C17H19NO/c19-11-10-18-17-7-3-6-14-9-8-13-4-1-2-5-15(13)12-16(14)17/h1-7,16,19H,8-12H2. The molecule has 0 fully saturated rings. The molecule has 0 bridgehead atoms. The molecule has 1 aromatic rings. The molecule has 0 aliphatic heterocycles. The van der Waals surface area contributed by atoms with Crippen molar-refractivity contribution in [3.05, 3.63) is 59.2 Å². The zero-order chi connectivity index (χ0) is 13.1. The fourth-order valence-electron chi connectivity index (χ4n) is 3.03. The van der Waals surface area contributed by atoms with Gasteiger partial charge in [0, 0.05) is 11.6 Å². The van der Waals surface area contributed by atoms with Crippen LogP contribution in [0.5, 0.6) is 0 Å². The maximum absolute atomic E-state index is 8.96. The number of aliphatic imine (C=N–C) groups is 1. The summed E-state index contributed by atoms with van der Waals surface area (Å²) in [6.07, 6.45) is 9.71. The van der Waals surface area contributed by atoms with Crippen molar-refractivity contribution in [2.45, 2.75) is 19.3 Å². The second kappa shape index (κ2) is 5.54. The Bertz CT molecular complexity index is 554. The zero-order valence-electron chi connectivity index (χ0n) is 11.0. The number of aliphatic hydroxyl groups excluding tert-OH is 1. The van der Waals surface area contributed by atoms with Crippen LogP contribution in [0.4, 0.5) is 0 Å². The van der Waals surface area contributed by atoms with Gasteiger partial charge in [-0.1, -0.05) is 42.0 Å². The Kier molecular flexibility index (Phi) is 3.60. The third-order valence-corrected chi connectivity index (χ3v) is 4.00. The van der Waals surface area contributed by atoms with Crippen LogP contribution in [-0.2, 0) is 12.8 Å². The number of rotatable bonds is 2. The van der Waals surface area contributed by atoms with Crippen LogP contribution >= 0.6 is 0 Å². The van der Waals surface area contributed by atoms with E-state index in [0.717, 1.165) is 25.0 Å². The molecule has 1 aromatic carbocycles. The summed E-state index contributed by atoms with van der Waals surface area (Å²) in [6.45, 7) is 0.630. The van der Waals surface area contributed by atoms with Crippen molar-refractivity contribution in [1.82, 2.24) is 0 Å². The molecule has 1 unspecified atom stereocenters. The lowest BCUT2D eigenvalue weighted by molar-refractivity contribution is 0.306. The van der Waals surface area contributed by atoms with E-state index in [9.17, 15) is 0 Å². The van der Waals surface area contributed by atoms with E-state index in [1.54, 1.807) is 0 Å². The van der Waals surface area contributed by atoms with E-state index in [1.807, 2.05) is 0 Å². The Morgan fingerprint density at radius 2 is 2.00 bits per heavy atom. The van der Waals surface area contributed by atoms with Crippen LogP contribution in [0.1, 0.15) is 17.5 Å². The number of allylic oxidation sites excluding steroid dienone is 4. The van der Waals surface area contributed by atoms with E-state index in [0.29, 0.717) is 12.5 Å². The summed E-state index contributed by atoms with van der Waals surface area (Å²) in [6, 6.07) is 8.73. The number of nitrogens with zero attached hydrogens (tertiary/aromatic N) is 1. The van der Waals surface area contributed by atoms with Gasteiger partial charge in [0.2, 0.25) is 0 Å². The minimum Gasteiger partial charge on any atom is -0.394 e. The first-order valence-electron chi connectivity index (χ1n) is 6.97. The van der Waals surface area contributed by atoms with E-state index in [1.165, 1.54) is 16.7 Å². The summed E-state index contributed by atoms with van der Waals surface area (Å²) in [5.41, 5.74) is 5.53. The summed E-state index contributed by atoms with van der Waals surface area (Å²) < 4.78 is 0. The molecule has 3 rings (SSSR count). The van der Waals surface area contributed by atoms with E-state index in [2.05, 4.69) is 47.5 Å². The van der Waals surface area contributed by atoms with Crippen LogP contribution in [0.15, 0.2) is 53.1 Å². The highest BCUT2D eigenvalue weighted by atomic mass is 16.3. The maximum Gasteiger partial charge on any atom is 0.0627 e. The molecule has 0 aromatic heterocycles. The van der Waals surface area contributed by atoms with Crippen molar-refractivity contribution in [3.8, 4) is 0 Å². The molecule has 1 N–H and O–H groups in total. The van der Waals surface area contributed by atoms with E-state index >= 15 is 0 Å². The van der Waals surface area contributed by atoms with Gasteiger partial charge in [-0.05, 0) is 36.5 Å². The minimum atomic E-state index is 0.125. The Balaban J connectivity index is 1.93. The Morgan fingerprint density at radius 1 is 1.16 bits per heavy atom. The normalized spacial score (nSPS) is 23.5. The molecule has 19 heavy (non-hydrogen) atoms. The van der Waals surface area contributed by atoms with E-state index in [4.69, 9.17) is 5.11 Å². The van der Waals surface area contributed by atoms with Crippen molar-refractivity contribution < 1.29 is 5.11 Å². The van der Waals surface area contributed by atoms with Gasteiger partial charge in [-0.25, -0.2) is 0 Å². The van der Waals surface area contributed by atoms with Crippen LogP contribution in [0, 0.1) is 5.92 Å². The third-order valence-electron chi connectivity index (χ3n) is 4.00. The lowest BCUT2D eigenvalue weighted by Gasteiger charge is -2.21. The summed E-state index contributed by atoms with van der Waals surface area (Å²) in [5, 5.41) is 8.96. The minimum absolute atomic E-state index is 0.125. The average molecular weight is 253 g/mol. The monoisotopic (exact) mass is 253 g/mol. The molecule has 2 nitrogen and oxygen atoms in total. The molecular weight excluding hydrogens is 234 g/mol. The highest BCUT2D eigenvalue weighted by molar-refractivity contribution is 6.00. The van der Waals surface area contributed by atoms with Gasteiger partial charge in [-0.3, -0.25) is 4.99 Å². The first-order valence-corrected chi connectivity index (χ1v) is 6.97. The number of benzene rings is 1. The zero-order valence-corrected chi connectivity index (χ0v) is 11.0. The topological polar surface area (TPSA) is 32.6 Å². The van der Waals surface area contributed by atoms with Gasteiger partial charge in [-0.15, -0.1) is 0 Å². The van der Waals surface area contributed by atoms with Crippen molar-refractivity contribution in [2.75, 3.05) is 13.2 Å². The summed E-state index contributed by atoms with van der Waals surface area (Å²) in [4.78, 5) is 4.54. The molecule has 0 saturated heterocycles. The van der Waals surface area contributed by atoms with Gasteiger partial charge in [-0.2, -0.15) is 0 Å². The molecule has 0 spiro atoms. The smallest absolute Gasteiger partial charge is 0.0627 e. The average Bonchev–Trinajstić information content (AvgIpc) is 2.64. The quantitative estimate of drug-likeness (QED) is 0.863. The SMILES string of the molecule is OCCN=C1C=CC=C2CCc3ccccc3CC21. The largest absolute Gasteiger partial charge is 0.394 e. The van der Waals surface area contributed by atoms with Crippen LogP contribution in [0.3, 0.4) is 0 Å². The molecule has 2 aliphatic rings. The third kappa shape index (κ3) is 2.54. The van der Waals surface area contributed by atoms with E-state index < -0.39 is 0 Å². The highest BCUT2D eigenvalue weighted by Gasteiger charge is 2.25. The predicted molar refractivity (Wildman–Crippen MR) is 78.6 cm³/mol. The molecule has 0 amide bonds. The molecule has 2 aliphatic carbocycles. The summed E-state index contributed by atoms with van der Waals surface area (Å²) >= 11 is 0. The highest BCUT2D eigenvalue weighted by Crippen LogP contribution is 2.32. The molecule has 0 saturated carbocycles. The number of fused-ring (bicyclic) bond motifs is 2. The van der Waals surface area contributed by atoms with Crippen molar-refractivity contribution >= 4 is 5.71 Å². The van der Waals surface area contributed by atoms with Crippen LogP contribution in [0.25, 0.3) is 0 Å². The lowest BCUT2D eigenvalue weighted by Crippen LogP contribution is -2.20. The molecule has 2 heteroatoms. The van der Waals surface area contributed by atoms with Gasteiger partial charge in [0.15, 0.2) is 0 Å². The van der Waals surface area contributed by atoms with Crippen LogP contribution < -0.4 is 0 Å². The molecule has 0 heterocycles. The number of aryl methyl sites for hydroxylation is 1. The summed E-state index contributed by atoms with van der Waals surface area (Å²) in [7, 11) is 0. The van der Waals surface area contributed by atoms with Gasteiger partial charge in [0.25, 0.3) is 0 Å². The lowest BCUT2D eigenvalue weighted by atomic mass is 9.85. The van der Waals surface area contributed by atoms with Gasteiger partial charge >= 0.3 is 0 Å². The Labute approximate surface area is 114 Å². The van der Waals surface area contributed by atoms with E-state index in [-0.39, 0.29) is 6.61 Å². The maximum atomic E-state index is 8.96. The van der Waals surface area contributed by atoms with Gasteiger partial charge < -0.3 is 5.11 Å². The summed E-state index contributed by atoms with van der Waals surface area (Å²) in [5.74, 6) is 0.403.